The first kappa shape index (κ1) is 79.3. The molecule has 3 aromatic carbocycles. The van der Waals surface area contributed by atoms with E-state index < -0.39 is 172 Å². The van der Waals surface area contributed by atoms with Gasteiger partial charge in [-0.25, -0.2) is 38.0 Å². The molecule has 12 N–H and O–H groups in total. The van der Waals surface area contributed by atoms with Crippen molar-refractivity contribution >= 4 is 82.6 Å². The van der Waals surface area contributed by atoms with Crippen molar-refractivity contribution < 1.29 is 108 Å². The van der Waals surface area contributed by atoms with Gasteiger partial charge < -0.3 is 74.8 Å². The summed E-state index contributed by atoms with van der Waals surface area (Å²) in [5, 5.41) is 0. The first-order chi connectivity index (χ1) is 53.2. The van der Waals surface area contributed by atoms with Gasteiger partial charge in [0, 0.05) is 58.6 Å². The Morgan fingerprint density at radius 2 is 0.893 bits per heavy atom. The molecule has 4 aliphatic rings. The quantitative estimate of drug-likeness (QED) is 0.0292. The van der Waals surface area contributed by atoms with Crippen LogP contribution in [0.2, 0.25) is 0 Å². The Kier molecular flexibility index (Phi) is 22.6. The van der Waals surface area contributed by atoms with Crippen molar-refractivity contribution in [2.75, 3.05) is 37.0 Å². The number of nitrogens with zero attached hydrogens (tertiary/aromatic N) is 13. The molecule has 0 amide bonds. The van der Waals surface area contributed by atoms with Crippen LogP contribution in [0, 0.1) is 6.92 Å². The van der Waals surface area contributed by atoms with Crippen molar-refractivity contribution in [3.8, 4) is 11.5 Å². The molecule has 11 heterocycles. The van der Waals surface area contributed by atoms with Crippen molar-refractivity contribution in [3.05, 3.63) is 178 Å². The average Bonchev–Trinajstić information content (AvgIpc) is 1.61. The van der Waals surface area contributed by atoms with E-state index >= 15 is 0 Å². The third-order valence-corrected chi connectivity index (χ3v) is 22.2. The van der Waals surface area contributed by atoms with E-state index in [0.29, 0.717) is 17.1 Å². The second-order valence-electron chi connectivity index (χ2n) is 26.3. The molecule has 49 heteroatoms. The molecule has 3 unspecified atom stereocenters. The van der Waals surface area contributed by atoms with Gasteiger partial charge in [0.25, 0.3) is 22.2 Å². The molecule has 4 aliphatic heterocycles. The molecule has 0 saturated carbocycles. The number of nitrogens with one attached hydrogen (secondary N) is 1. The van der Waals surface area contributed by atoms with Crippen LogP contribution in [0.3, 0.4) is 0 Å². The van der Waals surface area contributed by atoms with E-state index in [1.807, 2.05) is 60.7 Å². The molecular weight excluding hydrogens is 1570 g/mol. The molecule has 0 spiro atoms. The maximum absolute atomic E-state index is 14.7. The summed E-state index contributed by atoms with van der Waals surface area (Å²) in [5.41, 5.74) is 15.9. The second-order valence-corrected chi connectivity index (χ2v) is 31.6. The van der Waals surface area contributed by atoms with Gasteiger partial charge in [-0.3, -0.25) is 87.8 Å². The summed E-state index contributed by atoms with van der Waals surface area (Å²) >= 11 is 0. The predicted octanol–water partition coefficient (Wildman–Crippen LogP) is 2.49. The highest BCUT2D eigenvalue weighted by Crippen LogP contribution is 2.56. The second kappa shape index (κ2) is 31.9. The minimum Gasteiger partial charge on any atom is -0.485 e. The zero-order chi connectivity index (χ0) is 79.5. The number of aryl methyl sites for hydroxylation is 1. The van der Waals surface area contributed by atoms with E-state index in [1.165, 1.54) is 43.4 Å². The van der Waals surface area contributed by atoms with Crippen molar-refractivity contribution in [3.63, 3.8) is 0 Å². The number of hydrogen-bond donors (Lipinski definition) is 9. The zero-order valence-corrected chi connectivity index (χ0v) is 62.9. The number of benzene rings is 3. The molecular formula is C63H73N17O28P4. The van der Waals surface area contributed by atoms with Crippen molar-refractivity contribution in [2.24, 2.45) is 21.1 Å². The number of anilines is 3. The molecule has 14 rings (SSSR count). The number of phosphoric ester groups is 4. The zero-order valence-electron chi connectivity index (χ0n) is 59.3. The van der Waals surface area contributed by atoms with Gasteiger partial charge in [0.15, 0.2) is 51.3 Å². The number of aromatic nitrogens is 14. The Labute approximate surface area is 628 Å². The fraction of sp³-hybridized carbons (Fsp3) is 0.413. The molecule has 0 aliphatic carbocycles. The lowest BCUT2D eigenvalue weighted by atomic mass is 10.2. The summed E-state index contributed by atoms with van der Waals surface area (Å²) in [6.07, 6.45) is -16.4. The maximum atomic E-state index is 14.7. The molecule has 15 atom stereocenters. The summed E-state index contributed by atoms with van der Waals surface area (Å²) in [6.45, 7) is -0.781. The van der Waals surface area contributed by atoms with Gasteiger partial charge >= 0.3 is 37.0 Å². The van der Waals surface area contributed by atoms with Gasteiger partial charge in [-0.15, -0.1) is 0 Å². The first-order valence-electron chi connectivity index (χ1n) is 34.0. The van der Waals surface area contributed by atoms with E-state index in [-0.39, 0.29) is 83.1 Å². The van der Waals surface area contributed by atoms with Crippen LogP contribution >= 0.6 is 31.3 Å². The lowest BCUT2D eigenvalue weighted by molar-refractivity contribution is -0.139. The number of hydrogen-bond acceptors (Lipinski definition) is 32. The number of ether oxygens (including phenoxy) is 7. The Bertz CT molecular complexity index is 5720. The molecule has 7 aromatic heterocycles. The van der Waals surface area contributed by atoms with Crippen LogP contribution < -0.4 is 54.6 Å². The Hall–Kier alpha value is -9.37. The molecule has 10 aromatic rings. The van der Waals surface area contributed by atoms with Crippen LogP contribution in [0.25, 0.3) is 33.5 Å². The summed E-state index contributed by atoms with van der Waals surface area (Å²) in [5.74, 6) is 0.00726. The van der Waals surface area contributed by atoms with Gasteiger partial charge in [-0.1, -0.05) is 66.7 Å². The van der Waals surface area contributed by atoms with E-state index in [9.17, 15) is 66.7 Å². The maximum Gasteiger partial charge on any atom is 0.474 e. The highest BCUT2D eigenvalue weighted by molar-refractivity contribution is 7.48. The molecule has 112 heavy (non-hydrogen) atoms. The van der Waals surface area contributed by atoms with Crippen LogP contribution in [0.1, 0.15) is 72.8 Å². The Morgan fingerprint density at radius 1 is 0.482 bits per heavy atom. The van der Waals surface area contributed by atoms with Gasteiger partial charge in [0.1, 0.15) is 80.9 Å². The molecule has 0 bridgehead atoms. The minimum absolute atomic E-state index is 0.0925. The van der Waals surface area contributed by atoms with Crippen molar-refractivity contribution in [2.45, 2.75) is 126 Å². The Morgan fingerprint density at radius 3 is 1.37 bits per heavy atom. The monoisotopic (exact) mass is 1640 g/mol. The van der Waals surface area contributed by atoms with Crippen LogP contribution in [0.5, 0.6) is 11.5 Å². The fourth-order valence-corrected chi connectivity index (χ4v) is 16.4. The highest BCUT2D eigenvalue weighted by Gasteiger charge is 2.51. The third kappa shape index (κ3) is 17.4. The largest absolute Gasteiger partial charge is 0.485 e. The minimum atomic E-state index is -5.68. The molecule has 4 fully saturated rings. The number of imidazole rings is 3. The number of fused-ring (bicyclic) bond motifs is 3. The predicted molar refractivity (Wildman–Crippen MR) is 383 cm³/mol. The molecule has 598 valence electrons. The highest BCUT2D eigenvalue weighted by atomic mass is 31.2. The summed E-state index contributed by atoms with van der Waals surface area (Å²) < 4.78 is 146. The van der Waals surface area contributed by atoms with Gasteiger partial charge in [0.2, 0.25) is 17.8 Å². The Balaban J connectivity index is 0.705. The smallest absolute Gasteiger partial charge is 0.474 e. The lowest BCUT2D eigenvalue weighted by Crippen LogP contribution is -2.33. The average molecular weight is 1640 g/mol. The van der Waals surface area contributed by atoms with Gasteiger partial charge in [-0.05, 0) is 35.7 Å². The number of phosphoric acid groups is 4. The molecule has 45 nitrogen and oxygen atoms in total. The summed E-state index contributed by atoms with van der Waals surface area (Å²) in [4.78, 5) is 148. The number of nitrogen functional groups attached to an aromatic ring is 3. The normalized spacial score (nSPS) is 24.4. The van der Waals surface area contributed by atoms with E-state index in [0.717, 1.165) is 52.9 Å². The standard InChI is InChI=1S/C63H73N17O28P4/c1-32-22-77(63(85)73-55(32)81)45-19-39(42(100-45)26-95-23-35-15-16-36(96-24-33-11-7-5-8-12-33)37(17-35)97-25-34-13-9-6-10-14-34)106-112(93,94)108-59-41(21-48(103-59)80-31-69-51-54(80)72-62(66)76(4)58(51)84)107-111(91,92)99-28-44-40(20-47(102-44)79-30-68-50-53(79)71-61(65)75(3)57(50)83)105-110(89,90)98-27-43-38(104-109(86,87)88)18-46(101-43)78-29-67-49-52(78)70-60(64)74(2)56(49)82/h5-17,22,29-31,38-48,59H,18-21,23-28H2,1-4H3,(H2,64,70)(H2,65,71)(H2,66,72)(H,89,90)(H,91,92)(H,93,94)(H,73,81,85)(H2,86,87,88)/t38-,39-,40-,41-,42+,43+,44+,45+,46+,47+,48+,59+/m0/s1. The molecule has 0 radical (unpaired) electrons. The van der Waals surface area contributed by atoms with Crippen molar-refractivity contribution in [1.82, 2.24) is 66.9 Å². The first-order valence-corrected chi connectivity index (χ1v) is 40.0. The topological polar surface area (TPSA) is 590 Å². The van der Waals surface area contributed by atoms with Crippen LogP contribution in [-0.4, -0.2) is 160 Å². The van der Waals surface area contributed by atoms with Gasteiger partial charge in [-0.2, -0.15) is 15.0 Å². The summed E-state index contributed by atoms with van der Waals surface area (Å²) in [6, 6.07) is 24.0. The van der Waals surface area contributed by atoms with Crippen LogP contribution in [0.4, 0.5) is 17.8 Å². The third-order valence-electron chi connectivity index (χ3n) is 18.6. The fourth-order valence-electron chi connectivity index (χ4n) is 12.9. The van der Waals surface area contributed by atoms with E-state index in [1.54, 1.807) is 18.2 Å². The van der Waals surface area contributed by atoms with Crippen molar-refractivity contribution in [1.29, 1.82) is 0 Å². The van der Waals surface area contributed by atoms with E-state index in [2.05, 4.69) is 34.9 Å². The van der Waals surface area contributed by atoms with E-state index in [4.69, 9.17) is 82.0 Å². The lowest BCUT2D eigenvalue weighted by Gasteiger charge is -2.26. The van der Waals surface area contributed by atoms with Gasteiger partial charge in [0.05, 0.1) is 45.4 Å². The number of H-pyrrole nitrogens is 1. The number of nitrogens with two attached hydrogens (primary N) is 3. The molecule has 4 saturated heterocycles. The number of rotatable bonds is 30. The number of aromatic amines is 1. The van der Waals surface area contributed by atoms with Crippen LogP contribution in [0.15, 0.2) is 128 Å². The SMILES string of the molecule is Cc1cn([C@H]2C[C@H](OP(=O)(O)O[C@H]3O[C@@H](n4cnc5c(=O)n(C)c(N)nc54)C[C@@H]3OP(=O)(O)OC[C@H]3O[C@@H](n4cnc5c(=O)n(C)c(N)nc54)C[C@@H]3OP(=O)(O)OC[C@H]3O[C@@H](n4cnc5c(=O)n(C)c(N)nc54)C[C@@H]3OP(=O)(O)O)[C@@H](COCc3ccc(OCc4ccccc4)c(OCc4ccccc4)c3)O2)c(=O)[nH]c1=O. The van der Waals surface area contributed by atoms with Crippen LogP contribution in [-0.2, 0) is 115 Å². The summed E-state index contributed by atoms with van der Waals surface area (Å²) in [7, 11) is -18.1.